The lowest BCUT2D eigenvalue weighted by molar-refractivity contribution is 0.0949. The second kappa shape index (κ2) is 7.09. The van der Waals surface area contributed by atoms with Gasteiger partial charge in [0.25, 0.3) is 5.91 Å². The highest BCUT2D eigenvalue weighted by Crippen LogP contribution is 2.25. The van der Waals surface area contributed by atoms with Crippen molar-refractivity contribution >= 4 is 16.8 Å². The number of aromatic amines is 1. The summed E-state index contributed by atoms with van der Waals surface area (Å²) in [6.45, 7) is 6.51. The fraction of sp³-hybridized carbons (Fsp3) is 0.286. The summed E-state index contributed by atoms with van der Waals surface area (Å²) in [5, 5.41) is 4.05. The fourth-order valence-electron chi connectivity index (χ4n) is 3.38. The summed E-state index contributed by atoms with van der Waals surface area (Å²) >= 11 is 0. The minimum atomic E-state index is -0.462. The zero-order valence-corrected chi connectivity index (χ0v) is 14.9. The molecule has 1 heterocycles. The molecule has 0 radical (unpaired) electrons. The number of halogens is 1. The number of hydrogen-bond donors (Lipinski definition) is 2. The average molecular weight is 338 g/mol. The van der Waals surface area contributed by atoms with Crippen LogP contribution in [0.5, 0.6) is 0 Å². The third-order valence-electron chi connectivity index (χ3n) is 4.73. The van der Waals surface area contributed by atoms with Crippen LogP contribution >= 0.6 is 0 Å². The standard InChI is InChI=1S/C21H23FN2O/c1-4-15-8-6-10-18(22)19(15)21(25)23-12-11-16-14(3)24-20-13(2)7-5-9-17(16)20/h5-10,24H,4,11-12H2,1-3H3,(H,23,25). The van der Waals surface area contributed by atoms with Crippen LogP contribution in [0.4, 0.5) is 4.39 Å². The molecule has 1 amide bonds. The van der Waals surface area contributed by atoms with Crippen molar-refractivity contribution in [2.75, 3.05) is 6.54 Å². The van der Waals surface area contributed by atoms with E-state index in [0.717, 1.165) is 16.8 Å². The molecule has 3 rings (SSSR count). The Labute approximate surface area is 147 Å². The number of benzene rings is 2. The first-order valence-corrected chi connectivity index (χ1v) is 8.65. The van der Waals surface area contributed by atoms with E-state index in [1.54, 1.807) is 12.1 Å². The highest BCUT2D eigenvalue weighted by Gasteiger charge is 2.16. The van der Waals surface area contributed by atoms with Gasteiger partial charge in [0, 0.05) is 23.1 Å². The number of carbonyl (C=O) groups excluding carboxylic acids is 1. The maximum Gasteiger partial charge on any atom is 0.254 e. The van der Waals surface area contributed by atoms with Gasteiger partial charge in [-0.3, -0.25) is 4.79 Å². The Balaban J connectivity index is 1.75. The third-order valence-corrected chi connectivity index (χ3v) is 4.73. The number of carbonyl (C=O) groups is 1. The zero-order valence-electron chi connectivity index (χ0n) is 14.9. The quantitative estimate of drug-likeness (QED) is 0.709. The maximum atomic E-state index is 14.0. The largest absolute Gasteiger partial charge is 0.358 e. The van der Waals surface area contributed by atoms with E-state index < -0.39 is 5.82 Å². The Morgan fingerprint density at radius 3 is 2.68 bits per heavy atom. The van der Waals surface area contributed by atoms with Crippen LogP contribution in [0.3, 0.4) is 0 Å². The number of para-hydroxylation sites is 1. The topological polar surface area (TPSA) is 44.9 Å². The second-order valence-electron chi connectivity index (χ2n) is 6.36. The Bertz CT molecular complexity index is 927. The van der Waals surface area contributed by atoms with Crippen LogP contribution in [-0.2, 0) is 12.8 Å². The lowest BCUT2D eigenvalue weighted by Crippen LogP contribution is -2.27. The van der Waals surface area contributed by atoms with E-state index in [4.69, 9.17) is 0 Å². The summed E-state index contributed by atoms with van der Waals surface area (Å²) in [6, 6.07) is 11.0. The van der Waals surface area contributed by atoms with E-state index in [1.165, 1.54) is 22.6 Å². The van der Waals surface area contributed by atoms with Crippen molar-refractivity contribution in [1.82, 2.24) is 10.3 Å². The Hall–Kier alpha value is -2.62. The SMILES string of the molecule is CCc1cccc(F)c1C(=O)NCCc1c(C)[nH]c2c(C)cccc12. The minimum absolute atomic E-state index is 0.163. The smallest absolute Gasteiger partial charge is 0.254 e. The van der Waals surface area contributed by atoms with Crippen LogP contribution in [-0.4, -0.2) is 17.4 Å². The molecule has 0 fully saturated rings. The molecule has 0 bridgehead atoms. The van der Waals surface area contributed by atoms with Crippen molar-refractivity contribution in [3.8, 4) is 0 Å². The second-order valence-corrected chi connectivity index (χ2v) is 6.36. The van der Waals surface area contributed by atoms with Crippen LogP contribution in [0.15, 0.2) is 36.4 Å². The van der Waals surface area contributed by atoms with Gasteiger partial charge in [-0.25, -0.2) is 4.39 Å². The molecular weight excluding hydrogens is 315 g/mol. The van der Waals surface area contributed by atoms with E-state index in [9.17, 15) is 9.18 Å². The van der Waals surface area contributed by atoms with Gasteiger partial charge in [-0.05, 0) is 49.4 Å². The molecule has 0 spiro atoms. The summed E-state index contributed by atoms with van der Waals surface area (Å²) in [5.74, 6) is -0.806. The minimum Gasteiger partial charge on any atom is -0.358 e. The first-order chi connectivity index (χ1) is 12.0. The molecule has 25 heavy (non-hydrogen) atoms. The first-order valence-electron chi connectivity index (χ1n) is 8.65. The predicted molar refractivity (Wildman–Crippen MR) is 99.6 cm³/mol. The van der Waals surface area contributed by atoms with Gasteiger partial charge >= 0.3 is 0 Å². The summed E-state index contributed by atoms with van der Waals surface area (Å²) < 4.78 is 14.0. The van der Waals surface area contributed by atoms with E-state index in [1.807, 2.05) is 19.9 Å². The number of rotatable bonds is 5. The molecule has 1 aromatic heterocycles. The molecule has 0 unspecified atom stereocenters. The molecule has 130 valence electrons. The molecule has 0 saturated heterocycles. The molecule has 3 nitrogen and oxygen atoms in total. The van der Waals surface area contributed by atoms with Gasteiger partial charge in [-0.2, -0.15) is 0 Å². The number of amides is 1. The molecule has 0 aliphatic carbocycles. The van der Waals surface area contributed by atoms with E-state index in [-0.39, 0.29) is 11.5 Å². The van der Waals surface area contributed by atoms with Gasteiger partial charge in [0.2, 0.25) is 0 Å². The van der Waals surface area contributed by atoms with Crippen LogP contribution in [0.25, 0.3) is 10.9 Å². The summed E-state index contributed by atoms with van der Waals surface area (Å²) in [6.07, 6.45) is 1.33. The van der Waals surface area contributed by atoms with Gasteiger partial charge in [0.05, 0.1) is 5.56 Å². The summed E-state index contributed by atoms with van der Waals surface area (Å²) in [7, 11) is 0. The van der Waals surface area contributed by atoms with Gasteiger partial charge in [0.15, 0.2) is 0 Å². The Morgan fingerprint density at radius 2 is 1.92 bits per heavy atom. The Morgan fingerprint density at radius 1 is 1.16 bits per heavy atom. The van der Waals surface area contributed by atoms with Crippen molar-refractivity contribution in [1.29, 1.82) is 0 Å². The molecule has 2 aromatic carbocycles. The normalized spacial score (nSPS) is 11.0. The van der Waals surface area contributed by atoms with E-state index in [2.05, 4.69) is 29.4 Å². The van der Waals surface area contributed by atoms with Crippen LogP contribution < -0.4 is 5.32 Å². The molecule has 0 atom stereocenters. The number of fused-ring (bicyclic) bond motifs is 1. The average Bonchev–Trinajstić information content (AvgIpc) is 2.92. The molecule has 0 aliphatic heterocycles. The van der Waals surface area contributed by atoms with Gasteiger partial charge in [-0.15, -0.1) is 0 Å². The number of aryl methyl sites for hydroxylation is 3. The number of H-pyrrole nitrogens is 1. The number of aromatic nitrogens is 1. The van der Waals surface area contributed by atoms with E-state index >= 15 is 0 Å². The van der Waals surface area contributed by atoms with Crippen molar-refractivity contribution in [3.63, 3.8) is 0 Å². The van der Waals surface area contributed by atoms with E-state index in [0.29, 0.717) is 19.4 Å². The van der Waals surface area contributed by atoms with Crippen LogP contribution in [0.2, 0.25) is 0 Å². The van der Waals surface area contributed by atoms with Crippen LogP contribution in [0, 0.1) is 19.7 Å². The van der Waals surface area contributed by atoms with Gasteiger partial charge < -0.3 is 10.3 Å². The zero-order chi connectivity index (χ0) is 18.0. The Kier molecular flexibility index (Phi) is 4.88. The third kappa shape index (κ3) is 3.29. The predicted octanol–water partition coefficient (Wildman–Crippen LogP) is 4.46. The summed E-state index contributed by atoms with van der Waals surface area (Å²) in [5.41, 5.74) is 5.55. The molecule has 4 heteroatoms. The highest BCUT2D eigenvalue weighted by molar-refractivity contribution is 5.96. The van der Waals surface area contributed by atoms with Crippen LogP contribution in [0.1, 0.15) is 39.7 Å². The number of nitrogens with one attached hydrogen (secondary N) is 2. The fourth-order valence-corrected chi connectivity index (χ4v) is 3.38. The van der Waals surface area contributed by atoms with Crippen molar-refractivity contribution < 1.29 is 9.18 Å². The molecular formula is C21H23FN2O. The molecule has 3 aromatic rings. The first kappa shape index (κ1) is 17.2. The van der Waals surface area contributed by atoms with Gasteiger partial charge in [-0.1, -0.05) is 37.3 Å². The summed E-state index contributed by atoms with van der Waals surface area (Å²) in [4.78, 5) is 15.8. The molecule has 2 N–H and O–H groups in total. The highest BCUT2D eigenvalue weighted by atomic mass is 19.1. The van der Waals surface area contributed by atoms with Crippen molar-refractivity contribution in [2.45, 2.75) is 33.6 Å². The lowest BCUT2D eigenvalue weighted by Gasteiger charge is -2.10. The maximum absolute atomic E-state index is 14.0. The van der Waals surface area contributed by atoms with Crippen molar-refractivity contribution in [3.05, 3.63) is 70.2 Å². The lowest BCUT2D eigenvalue weighted by atomic mass is 10.0. The van der Waals surface area contributed by atoms with Crippen molar-refractivity contribution in [2.24, 2.45) is 0 Å². The molecule has 0 aliphatic rings. The number of hydrogen-bond acceptors (Lipinski definition) is 1. The monoisotopic (exact) mass is 338 g/mol. The molecule has 0 saturated carbocycles. The van der Waals surface area contributed by atoms with Gasteiger partial charge in [0.1, 0.15) is 5.82 Å².